The third-order valence-corrected chi connectivity index (χ3v) is 7.34. The molecule has 1 aliphatic heterocycles. The van der Waals surface area contributed by atoms with E-state index in [4.69, 9.17) is 21.4 Å². The number of hydrogen-bond donors (Lipinski definition) is 2. The number of benzene rings is 3. The van der Waals surface area contributed by atoms with Crippen molar-refractivity contribution in [3.05, 3.63) is 106 Å². The van der Waals surface area contributed by atoms with Crippen LogP contribution in [0.25, 0.3) is 0 Å². The number of carbonyl (C=O) groups excluding carboxylic acids is 1. The van der Waals surface area contributed by atoms with Gasteiger partial charge in [-0.1, -0.05) is 60.6 Å². The highest BCUT2D eigenvalue weighted by molar-refractivity contribution is 7.99. The summed E-state index contributed by atoms with van der Waals surface area (Å²) < 4.78 is 21.7. The first-order valence-corrected chi connectivity index (χ1v) is 13.8. The second kappa shape index (κ2) is 11.5. The summed E-state index contributed by atoms with van der Waals surface area (Å²) >= 11 is 7.66. The van der Waals surface area contributed by atoms with Crippen molar-refractivity contribution in [1.82, 2.24) is 14.8 Å². The van der Waals surface area contributed by atoms with Gasteiger partial charge in [-0.15, -0.1) is 5.10 Å². The van der Waals surface area contributed by atoms with Crippen LogP contribution in [0.15, 0.2) is 83.2 Å². The molecule has 0 bridgehead atoms. The number of halogens is 2. The highest BCUT2D eigenvalue weighted by atomic mass is 35.5. The maximum atomic E-state index is 14.2. The zero-order chi connectivity index (χ0) is 27.5. The average molecular weight is 564 g/mol. The predicted octanol–water partition coefficient (Wildman–Crippen LogP) is 7.00. The minimum absolute atomic E-state index is 0.00775. The third kappa shape index (κ3) is 5.79. The Kier molecular flexibility index (Phi) is 7.90. The van der Waals surface area contributed by atoms with Gasteiger partial charge in [0.2, 0.25) is 11.1 Å². The number of ether oxygens (including phenoxy) is 1. The van der Waals surface area contributed by atoms with Gasteiger partial charge in [-0.05, 0) is 67.1 Å². The first kappa shape index (κ1) is 26.8. The molecule has 1 aromatic heterocycles. The van der Waals surface area contributed by atoms with Gasteiger partial charge in [-0.2, -0.15) is 4.98 Å². The number of thioether (sulfide) groups is 1. The molecule has 3 aromatic carbocycles. The summed E-state index contributed by atoms with van der Waals surface area (Å²) in [6, 6.07) is 19.0. The number of anilines is 2. The summed E-state index contributed by atoms with van der Waals surface area (Å²) in [6.07, 6.45) is 0. The summed E-state index contributed by atoms with van der Waals surface area (Å²) in [5, 5.41) is 11.9. The molecule has 10 heteroatoms. The normalized spacial score (nSPS) is 14.5. The smallest absolute Gasteiger partial charge is 0.255 e. The van der Waals surface area contributed by atoms with E-state index in [9.17, 15) is 9.18 Å². The Bertz CT molecular complexity index is 1530. The van der Waals surface area contributed by atoms with Crippen molar-refractivity contribution in [3.63, 3.8) is 0 Å². The lowest BCUT2D eigenvalue weighted by Crippen LogP contribution is -2.31. The lowest BCUT2D eigenvalue weighted by atomic mass is 9.95. The zero-order valence-electron chi connectivity index (χ0n) is 21.7. The highest BCUT2D eigenvalue weighted by Crippen LogP contribution is 2.37. The van der Waals surface area contributed by atoms with Crippen LogP contribution >= 0.6 is 23.4 Å². The fourth-order valence-electron chi connectivity index (χ4n) is 4.42. The van der Waals surface area contributed by atoms with Crippen LogP contribution in [-0.2, 0) is 11.4 Å². The van der Waals surface area contributed by atoms with Crippen LogP contribution in [0.1, 0.15) is 36.6 Å². The molecule has 1 aliphatic rings. The molecule has 0 saturated heterocycles. The molecule has 5 rings (SSSR count). The number of aryl methyl sites for hydroxylation is 1. The lowest BCUT2D eigenvalue weighted by molar-refractivity contribution is -0.113. The molecular formula is C29H27ClFN5O2S. The van der Waals surface area contributed by atoms with E-state index < -0.39 is 11.9 Å². The summed E-state index contributed by atoms with van der Waals surface area (Å²) in [5.74, 6) is 1.27. The number of nitrogens with zero attached hydrogens (tertiary/aromatic N) is 3. The number of aromatic nitrogens is 3. The first-order chi connectivity index (χ1) is 18.8. The lowest BCUT2D eigenvalue weighted by Gasteiger charge is -2.28. The SMILES string of the molecule is CCSc1nc2n(n1)C(c1ccc(OCc3c(F)cccc3Cl)cc1)C(C(=O)Nc1cccc(C)c1)=C(C)N2. The van der Waals surface area contributed by atoms with Crippen molar-refractivity contribution >= 4 is 40.9 Å². The minimum atomic E-state index is -0.528. The molecule has 39 heavy (non-hydrogen) atoms. The van der Waals surface area contributed by atoms with Crippen LogP contribution in [-0.4, -0.2) is 26.4 Å². The van der Waals surface area contributed by atoms with Gasteiger partial charge in [0, 0.05) is 16.9 Å². The van der Waals surface area contributed by atoms with Crippen molar-refractivity contribution in [2.24, 2.45) is 0 Å². The van der Waals surface area contributed by atoms with Crippen molar-refractivity contribution in [3.8, 4) is 5.75 Å². The first-order valence-electron chi connectivity index (χ1n) is 12.4. The third-order valence-electron chi connectivity index (χ3n) is 6.27. The van der Waals surface area contributed by atoms with Crippen LogP contribution in [0.4, 0.5) is 16.0 Å². The Labute approximate surface area is 235 Å². The van der Waals surface area contributed by atoms with E-state index in [2.05, 4.69) is 15.6 Å². The van der Waals surface area contributed by atoms with Crippen molar-refractivity contribution < 1.29 is 13.9 Å². The van der Waals surface area contributed by atoms with Crippen LogP contribution in [0.5, 0.6) is 5.75 Å². The molecule has 0 radical (unpaired) electrons. The van der Waals surface area contributed by atoms with E-state index in [1.54, 1.807) is 28.9 Å². The van der Waals surface area contributed by atoms with Gasteiger partial charge in [0.15, 0.2) is 0 Å². The maximum Gasteiger partial charge on any atom is 0.255 e. The van der Waals surface area contributed by atoms with E-state index in [0.717, 1.165) is 16.9 Å². The van der Waals surface area contributed by atoms with Gasteiger partial charge in [0.05, 0.1) is 10.6 Å². The fourth-order valence-corrected chi connectivity index (χ4v) is 5.19. The quantitative estimate of drug-likeness (QED) is 0.225. The molecule has 7 nitrogen and oxygen atoms in total. The molecule has 0 fully saturated rings. The molecule has 1 amide bonds. The Morgan fingerprint density at radius 1 is 1.15 bits per heavy atom. The number of rotatable bonds is 8. The second-order valence-corrected chi connectivity index (χ2v) is 10.7. The summed E-state index contributed by atoms with van der Waals surface area (Å²) in [5.41, 5.74) is 4.08. The molecule has 2 N–H and O–H groups in total. The Balaban J connectivity index is 1.46. The minimum Gasteiger partial charge on any atom is -0.489 e. The zero-order valence-corrected chi connectivity index (χ0v) is 23.2. The summed E-state index contributed by atoms with van der Waals surface area (Å²) in [7, 11) is 0. The Hall–Kier alpha value is -3.82. The standard InChI is InChI=1S/C29H27ClFN5O2S/c1-4-39-29-34-28-32-18(3)25(27(37)33-20-8-5-7-17(2)15-20)26(36(28)35-29)19-11-13-21(14-12-19)38-16-22-23(30)9-6-10-24(22)31/h5-15,26H,4,16H2,1-3H3,(H,33,37)(H,32,34,35). The molecule has 4 aromatic rings. The van der Waals surface area contributed by atoms with Crippen molar-refractivity contribution in [2.75, 3.05) is 16.4 Å². The number of amides is 1. The van der Waals surface area contributed by atoms with Crippen LogP contribution < -0.4 is 15.4 Å². The van der Waals surface area contributed by atoms with Gasteiger partial charge in [-0.3, -0.25) is 4.79 Å². The van der Waals surface area contributed by atoms with Crippen LogP contribution in [0.2, 0.25) is 5.02 Å². The monoisotopic (exact) mass is 563 g/mol. The maximum absolute atomic E-state index is 14.2. The van der Waals surface area contributed by atoms with Gasteiger partial charge in [-0.25, -0.2) is 9.07 Å². The van der Waals surface area contributed by atoms with Crippen molar-refractivity contribution in [2.45, 2.75) is 38.6 Å². The molecule has 0 spiro atoms. The fraction of sp³-hybridized carbons (Fsp3) is 0.207. The largest absolute Gasteiger partial charge is 0.489 e. The number of hydrogen-bond acceptors (Lipinski definition) is 6. The summed E-state index contributed by atoms with van der Waals surface area (Å²) in [6.45, 7) is 5.86. The number of carbonyl (C=O) groups is 1. The van der Waals surface area contributed by atoms with E-state index in [0.29, 0.717) is 44.4 Å². The predicted molar refractivity (Wildman–Crippen MR) is 153 cm³/mol. The van der Waals surface area contributed by atoms with Gasteiger partial charge >= 0.3 is 0 Å². The van der Waals surface area contributed by atoms with Gasteiger partial charge < -0.3 is 15.4 Å². The number of nitrogens with one attached hydrogen (secondary N) is 2. The molecule has 1 atom stereocenters. The molecule has 1 unspecified atom stereocenters. The highest BCUT2D eigenvalue weighted by Gasteiger charge is 2.34. The van der Waals surface area contributed by atoms with Crippen LogP contribution in [0, 0.1) is 12.7 Å². The molecule has 200 valence electrons. The Morgan fingerprint density at radius 2 is 1.92 bits per heavy atom. The number of allylic oxidation sites excluding steroid dienone is 1. The molecule has 0 aliphatic carbocycles. The van der Waals surface area contributed by atoms with Crippen LogP contribution in [0.3, 0.4) is 0 Å². The second-order valence-electron chi connectivity index (χ2n) is 9.04. The Morgan fingerprint density at radius 3 is 2.64 bits per heavy atom. The molecule has 0 saturated carbocycles. The van der Waals surface area contributed by atoms with Crippen molar-refractivity contribution in [1.29, 1.82) is 0 Å². The average Bonchev–Trinajstić information content (AvgIpc) is 3.30. The van der Waals surface area contributed by atoms with Gasteiger partial charge in [0.25, 0.3) is 5.91 Å². The molecule has 2 heterocycles. The van der Waals surface area contributed by atoms with E-state index >= 15 is 0 Å². The van der Waals surface area contributed by atoms with E-state index in [-0.39, 0.29) is 12.5 Å². The summed E-state index contributed by atoms with van der Waals surface area (Å²) in [4.78, 5) is 18.3. The van der Waals surface area contributed by atoms with Gasteiger partial charge in [0.1, 0.15) is 24.2 Å². The number of fused-ring (bicyclic) bond motifs is 1. The topological polar surface area (TPSA) is 81.1 Å². The molecular weight excluding hydrogens is 537 g/mol. The van der Waals surface area contributed by atoms with E-state index in [1.165, 1.54) is 17.8 Å². The van der Waals surface area contributed by atoms with E-state index in [1.807, 2.05) is 57.2 Å².